The number of rotatable bonds is 3. The molecular formula is C15H19BrN2O3. The minimum Gasteiger partial charge on any atom is -0.481 e. The maximum absolute atomic E-state index is 12.1. The summed E-state index contributed by atoms with van der Waals surface area (Å²) in [4.78, 5) is 23.5. The lowest BCUT2D eigenvalue weighted by molar-refractivity contribution is -0.148. The number of anilines is 1. The van der Waals surface area contributed by atoms with Crippen LogP contribution >= 0.6 is 15.9 Å². The van der Waals surface area contributed by atoms with Crippen LogP contribution < -0.4 is 10.6 Å². The van der Waals surface area contributed by atoms with Crippen LogP contribution in [-0.4, -0.2) is 23.1 Å². The van der Waals surface area contributed by atoms with E-state index in [4.69, 9.17) is 0 Å². The number of hydrogen-bond acceptors (Lipinski definition) is 2. The Labute approximate surface area is 132 Å². The summed E-state index contributed by atoms with van der Waals surface area (Å²) in [6, 6.07) is 4.91. The molecule has 0 radical (unpaired) electrons. The van der Waals surface area contributed by atoms with Crippen LogP contribution in [0.3, 0.4) is 0 Å². The Bertz CT molecular complexity index is 576. The number of aliphatic carboxylic acids is 1. The third-order valence-electron chi connectivity index (χ3n) is 4.20. The summed E-state index contributed by atoms with van der Waals surface area (Å²) in [7, 11) is 0. The molecular weight excluding hydrogens is 336 g/mol. The third-order valence-corrected chi connectivity index (χ3v) is 4.69. The number of benzene rings is 1. The number of hydrogen-bond donors (Lipinski definition) is 3. The van der Waals surface area contributed by atoms with E-state index in [0.29, 0.717) is 18.5 Å². The molecule has 0 bridgehead atoms. The van der Waals surface area contributed by atoms with Gasteiger partial charge in [-0.15, -0.1) is 0 Å². The lowest BCUT2D eigenvalue weighted by atomic mass is 9.85. The standard InChI is InChI=1S/C15H19BrN2O3/c1-9-5-6-10(16)8-11(9)17-14(21)18-12-4-3-7-15(12,2)13(19)20/h5-6,8,12H,3-4,7H2,1-2H3,(H,19,20)(H2,17,18,21). The Kier molecular flexibility index (Phi) is 4.56. The van der Waals surface area contributed by atoms with Crippen molar-refractivity contribution in [1.29, 1.82) is 0 Å². The van der Waals surface area contributed by atoms with E-state index in [9.17, 15) is 14.7 Å². The summed E-state index contributed by atoms with van der Waals surface area (Å²) >= 11 is 3.36. The number of nitrogens with one attached hydrogen (secondary N) is 2. The Balaban J connectivity index is 2.05. The Morgan fingerprint density at radius 1 is 1.43 bits per heavy atom. The molecule has 0 heterocycles. The number of halogens is 1. The highest BCUT2D eigenvalue weighted by Gasteiger charge is 2.45. The smallest absolute Gasteiger partial charge is 0.319 e. The zero-order valence-corrected chi connectivity index (χ0v) is 13.7. The van der Waals surface area contributed by atoms with Gasteiger partial charge in [-0.25, -0.2) is 4.79 Å². The van der Waals surface area contributed by atoms with E-state index in [2.05, 4.69) is 26.6 Å². The number of aryl methyl sites for hydroxylation is 1. The van der Waals surface area contributed by atoms with E-state index in [-0.39, 0.29) is 12.1 Å². The van der Waals surface area contributed by atoms with Gasteiger partial charge in [0.15, 0.2) is 0 Å². The molecule has 0 aromatic heterocycles. The number of carboxylic acids is 1. The van der Waals surface area contributed by atoms with Crippen LogP contribution in [0.25, 0.3) is 0 Å². The van der Waals surface area contributed by atoms with Crippen LogP contribution in [0.2, 0.25) is 0 Å². The van der Waals surface area contributed by atoms with E-state index < -0.39 is 11.4 Å². The van der Waals surface area contributed by atoms with Crippen molar-refractivity contribution in [2.75, 3.05) is 5.32 Å². The van der Waals surface area contributed by atoms with Gasteiger partial charge in [0.1, 0.15) is 0 Å². The summed E-state index contributed by atoms with van der Waals surface area (Å²) < 4.78 is 0.875. The highest BCUT2D eigenvalue weighted by Crippen LogP contribution is 2.38. The fraction of sp³-hybridized carbons (Fsp3) is 0.467. The van der Waals surface area contributed by atoms with E-state index in [1.54, 1.807) is 6.92 Å². The van der Waals surface area contributed by atoms with Crippen molar-refractivity contribution in [3.8, 4) is 0 Å². The molecule has 0 aliphatic heterocycles. The summed E-state index contributed by atoms with van der Waals surface area (Å²) in [5, 5.41) is 14.9. The monoisotopic (exact) mass is 354 g/mol. The lowest BCUT2D eigenvalue weighted by Crippen LogP contribution is -2.48. The van der Waals surface area contributed by atoms with Gasteiger partial charge in [-0.1, -0.05) is 28.4 Å². The van der Waals surface area contributed by atoms with Crippen LogP contribution in [0, 0.1) is 12.3 Å². The van der Waals surface area contributed by atoms with Crippen LogP contribution in [0.4, 0.5) is 10.5 Å². The first kappa shape index (κ1) is 15.8. The molecule has 6 heteroatoms. The summed E-state index contributed by atoms with van der Waals surface area (Å²) in [6.07, 6.45) is 2.08. The summed E-state index contributed by atoms with van der Waals surface area (Å²) in [5.74, 6) is -0.857. The average Bonchev–Trinajstić information content (AvgIpc) is 2.77. The predicted octanol–water partition coefficient (Wildman–Crippen LogP) is 3.52. The van der Waals surface area contributed by atoms with Crippen LogP contribution in [-0.2, 0) is 4.79 Å². The molecule has 0 saturated heterocycles. The van der Waals surface area contributed by atoms with Crippen LogP contribution in [0.1, 0.15) is 31.7 Å². The van der Waals surface area contributed by atoms with Crippen molar-refractivity contribution in [3.63, 3.8) is 0 Å². The van der Waals surface area contributed by atoms with Gasteiger partial charge in [0.25, 0.3) is 0 Å². The van der Waals surface area contributed by atoms with Gasteiger partial charge in [0.05, 0.1) is 5.41 Å². The minimum absolute atomic E-state index is 0.345. The van der Waals surface area contributed by atoms with Gasteiger partial charge in [0, 0.05) is 16.2 Å². The second-order valence-corrected chi connectivity index (χ2v) is 6.64. The molecule has 1 saturated carbocycles. The molecule has 1 fully saturated rings. The number of carboxylic acid groups (broad SMARTS) is 1. The van der Waals surface area contributed by atoms with Crippen molar-refractivity contribution >= 4 is 33.6 Å². The minimum atomic E-state index is -0.885. The van der Waals surface area contributed by atoms with Crippen molar-refractivity contribution in [2.24, 2.45) is 5.41 Å². The summed E-state index contributed by atoms with van der Waals surface area (Å²) in [6.45, 7) is 3.59. The first-order valence-corrected chi connectivity index (χ1v) is 7.69. The maximum Gasteiger partial charge on any atom is 0.319 e. The van der Waals surface area contributed by atoms with Crippen molar-refractivity contribution in [3.05, 3.63) is 28.2 Å². The molecule has 2 amide bonds. The predicted molar refractivity (Wildman–Crippen MR) is 84.4 cm³/mol. The third kappa shape index (κ3) is 3.37. The van der Waals surface area contributed by atoms with E-state index in [1.807, 2.05) is 25.1 Å². The number of carbonyl (C=O) groups excluding carboxylic acids is 1. The number of urea groups is 1. The normalized spacial score (nSPS) is 24.6. The molecule has 2 atom stereocenters. The van der Waals surface area contributed by atoms with Gasteiger partial charge in [0.2, 0.25) is 0 Å². The average molecular weight is 355 g/mol. The van der Waals surface area contributed by atoms with Crippen molar-refractivity contribution in [2.45, 2.75) is 39.2 Å². The Morgan fingerprint density at radius 2 is 2.14 bits per heavy atom. The Hall–Kier alpha value is -1.56. The van der Waals surface area contributed by atoms with Crippen LogP contribution in [0.5, 0.6) is 0 Å². The highest BCUT2D eigenvalue weighted by molar-refractivity contribution is 9.10. The Morgan fingerprint density at radius 3 is 2.81 bits per heavy atom. The molecule has 3 N–H and O–H groups in total. The van der Waals surface area contributed by atoms with E-state index >= 15 is 0 Å². The zero-order chi connectivity index (χ0) is 15.6. The second-order valence-electron chi connectivity index (χ2n) is 5.73. The molecule has 1 aliphatic carbocycles. The largest absolute Gasteiger partial charge is 0.481 e. The molecule has 2 rings (SSSR count). The van der Waals surface area contributed by atoms with Gasteiger partial charge < -0.3 is 15.7 Å². The van der Waals surface area contributed by atoms with Crippen molar-refractivity contribution < 1.29 is 14.7 Å². The van der Waals surface area contributed by atoms with Gasteiger partial charge in [-0.05, 0) is 44.4 Å². The molecule has 1 aliphatic rings. The quantitative estimate of drug-likeness (QED) is 0.776. The number of carbonyl (C=O) groups is 2. The van der Waals surface area contributed by atoms with E-state index in [0.717, 1.165) is 16.5 Å². The van der Waals surface area contributed by atoms with E-state index in [1.165, 1.54) is 0 Å². The molecule has 1 aromatic rings. The first-order chi connectivity index (χ1) is 9.83. The first-order valence-electron chi connectivity index (χ1n) is 6.90. The van der Waals surface area contributed by atoms with Crippen molar-refractivity contribution in [1.82, 2.24) is 5.32 Å². The van der Waals surface area contributed by atoms with Gasteiger partial charge in [-0.2, -0.15) is 0 Å². The highest BCUT2D eigenvalue weighted by atomic mass is 79.9. The molecule has 5 nitrogen and oxygen atoms in total. The SMILES string of the molecule is Cc1ccc(Br)cc1NC(=O)NC1CCCC1(C)C(=O)O. The zero-order valence-electron chi connectivity index (χ0n) is 12.1. The molecule has 2 unspecified atom stereocenters. The lowest BCUT2D eigenvalue weighted by Gasteiger charge is -2.27. The van der Waals surface area contributed by atoms with Gasteiger partial charge in [-0.3, -0.25) is 4.79 Å². The summed E-state index contributed by atoms with van der Waals surface area (Å²) in [5.41, 5.74) is 0.765. The fourth-order valence-corrected chi connectivity index (χ4v) is 3.06. The fourth-order valence-electron chi connectivity index (χ4n) is 2.70. The molecule has 0 spiro atoms. The second kappa shape index (κ2) is 6.05. The maximum atomic E-state index is 12.1. The molecule has 21 heavy (non-hydrogen) atoms. The van der Waals surface area contributed by atoms with Gasteiger partial charge >= 0.3 is 12.0 Å². The number of amides is 2. The van der Waals surface area contributed by atoms with Crippen LogP contribution in [0.15, 0.2) is 22.7 Å². The molecule has 114 valence electrons. The molecule has 1 aromatic carbocycles. The topological polar surface area (TPSA) is 78.4 Å².